The first-order valence-electron chi connectivity index (χ1n) is 9.14. The molecule has 1 amide bonds. The zero-order valence-electron chi connectivity index (χ0n) is 15.8. The molecule has 0 saturated carbocycles. The van der Waals surface area contributed by atoms with Crippen molar-refractivity contribution in [3.63, 3.8) is 0 Å². The third-order valence-corrected chi connectivity index (χ3v) is 4.66. The molecule has 6 heteroatoms. The molecule has 29 heavy (non-hydrogen) atoms. The van der Waals surface area contributed by atoms with Crippen LogP contribution in [0.3, 0.4) is 0 Å². The summed E-state index contributed by atoms with van der Waals surface area (Å²) in [5.41, 5.74) is 1.60. The minimum Gasteiger partial charge on any atom is -0.497 e. The van der Waals surface area contributed by atoms with Gasteiger partial charge in [-0.25, -0.2) is 0 Å². The summed E-state index contributed by atoms with van der Waals surface area (Å²) in [6.07, 6.45) is 3.26. The standard InChI is InChI=1S/C23H19N3O3/c1-29-18-9-6-8-17(13-18)26-15-21(19-10-2-3-11-20(19)23(26)28)22(27)25-14-16-7-4-5-12-24-16/h2-13,15H,14H2,1H3,(H,25,27). The van der Waals surface area contributed by atoms with E-state index in [9.17, 15) is 9.59 Å². The van der Waals surface area contributed by atoms with Gasteiger partial charge in [0, 0.05) is 29.2 Å². The minimum atomic E-state index is -0.275. The summed E-state index contributed by atoms with van der Waals surface area (Å²) < 4.78 is 6.74. The van der Waals surface area contributed by atoms with Gasteiger partial charge < -0.3 is 10.1 Å². The van der Waals surface area contributed by atoms with Crippen molar-refractivity contribution < 1.29 is 9.53 Å². The average Bonchev–Trinajstić information content (AvgIpc) is 2.78. The molecule has 0 aliphatic heterocycles. The van der Waals surface area contributed by atoms with Gasteiger partial charge >= 0.3 is 0 Å². The van der Waals surface area contributed by atoms with Crippen LogP contribution < -0.4 is 15.6 Å². The summed E-state index contributed by atoms with van der Waals surface area (Å²) in [6.45, 7) is 0.298. The molecule has 0 aliphatic rings. The van der Waals surface area contributed by atoms with E-state index in [0.717, 1.165) is 5.69 Å². The molecule has 2 heterocycles. The average molecular weight is 385 g/mol. The Balaban J connectivity index is 1.79. The third kappa shape index (κ3) is 3.73. The number of aromatic nitrogens is 2. The molecule has 2 aromatic heterocycles. The Morgan fingerprint density at radius 1 is 1.03 bits per heavy atom. The summed E-state index contributed by atoms with van der Waals surface area (Å²) in [5, 5.41) is 3.97. The molecular formula is C23H19N3O3. The van der Waals surface area contributed by atoms with E-state index in [1.54, 1.807) is 62.0 Å². The first-order valence-corrected chi connectivity index (χ1v) is 9.14. The fraction of sp³-hybridized carbons (Fsp3) is 0.0870. The predicted octanol–water partition coefficient (Wildman–Crippen LogP) is 3.32. The van der Waals surface area contributed by atoms with Crippen molar-refractivity contribution in [3.05, 3.63) is 101 Å². The number of nitrogens with one attached hydrogen (secondary N) is 1. The van der Waals surface area contributed by atoms with Crippen LogP contribution in [-0.4, -0.2) is 22.6 Å². The highest BCUT2D eigenvalue weighted by molar-refractivity contribution is 6.06. The number of fused-ring (bicyclic) bond motifs is 1. The van der Waals surface area contributed by atoms with Crippen LogP contribution in [0.4, 0.5) is 0 Å². The smallest absolute Gasteiger partial charge is 0.262 e. The van der Waals surface area contributed by atoms with Gasteiger partial charge in [-0.05, 0) is 30.3 Å². The van der Waals surface area contributed by atoms with Gasteiger partial charge in [0.1, 0.15) is 5.75 Å². The number of carbonyl (C=O) groups is 1. The number of ether oxygens (including phenoxy) is 1. The number of amides is 1. The molecule has 0 saturated heterocycles. The summed E-state index contributed by atoms with van der Waals surface area (Å²) in [7, 11) is 1.57. The number of hydrogen-bond donors (Lipinski definition) is 1. The molecule has 0 radical (unpaired) electrons. The normalized spacial score (nSPS) is 10.7. The first kappa shape index (κ1) is 18.4. The van der Waals surface area contributed by atoms with Gasteiger partial charge in [-0.15, -0.1) is 0 Å². The molecular weight excluding hydrogens is 366 g/mol. The van der Waals surface area contributed by atoms with Gasteiger partial charge in [0.25, 0.3) is 11.5 Å². The van der Waals surface area contributed by atoms with Gasteiger partial charge in [-0.1, -0.05) is 30.3 Å². The van der Waals surface area contributed by atoms with Gasteiger partial charge in [0.2, 0.25) is 0 Å². The van der Waals surface area contributed by atoms with Crippen molar-refractivity contribution in [2.75, 3.05) is 7.11 Å². The molecule has 0 aliphatic carbocycles. The molecule has 2 aromatic carbocycles. The molecule has 0 spiro atoms. The maximum atomic E-state index is 13.1. The lowest BCUT2D eigenvalue weighted by atomic mass is 10.1. The fourth-order valence-corrected chi connectivity index (χ4v) is 3.19. The Bertz CT molecular complexity index is 1230. The molecule has 0 fully saturated rings. The Hall–Kier alpha value is -3.93. The molecule has 0 atom stereocenters. The van der Waals surface area contributed by atoms with Crippen molar-refractivity contribution >= 4 is 16.7 Å². The zero-order valence-corrected chi connectivity index (χ0v) is 15.8. The van der Waals surface area contributed by atoms with Gasteiger partial charge in [-0.2, -0.15) is 0 Å². The van der Waals surface area contributed by atoms with Crippen LogP contribution >= 0.6 is 0 Å². The lowest BCUT2D eigenvalue weighted by Gasteiger charge is -2.13. The lowest BCUT2D eigenvalue weighted by molar-refractivity contribution is 0.0951. The minimum absolute atomic E-state index is 0.199. The number of hydrogen-bond acceptors (Lipinski definition) is 4. The maximum absolute atomic E-state index is 13.1. The van der Waals surface area contributed by atoms with Crippen molar-refractivity contribution in [2.45, 2.75) is 6.54 Å². The fourth-order valence-electron chi connectivity index (χ4n) is 3.19. The monoisotopic (exact) mass is 385 g/mol. The van der Waals surface area contributed by atoms with Crippen molar-refractivity contribution in [3.8, 4) is 11.4 Å². The lowest BCUT2D eigenvalue weighted by Crippen LogP contribution is -2.27. The van der Waals surface area contributed by atoms with E-state index in [0.29, 0.717) is 34.3 Å². The molecule has 0 bridgehead atoms. The highest BCUT2D eigenvalue weighted by atomic mass is 16.5. The second kappa shape index (κ2) is 7.98. The van der Waals surface area contributed by atoms with E-state index in [1.165, 1.54) is 4.57 Å². The van der Waals surface area contributed by atoms with Crippen molar-refractivity contribution in [1.82, 2.24) is 14.9 Å². The van der Waals surface area contributed by atoms with Crippen LogP contribution in [-0.2, 0) is 6.54 Å². The van der Waals surface area contributed by atoms with E-state index < -0.39 is 0 Å². The molecule has 4 aromatic rings. The van der Waals surface area contributed by atoms with Crippen molar-refractivity contribution in [2.24, 2.45) is 0 Å². The quantitative estimate of drug-likeness (QED) is 0.572. The van der Waals surface area contributed by atoms with Crippen molar-refractivity contribution in [1.29, 1.82) is 0 Å². The number of pyridine rings is 2. The highest BCUT2D eigenvalue weighted by Crippen LogP contribution is 2.20. The van der Waals surface area contributed by atoms with Crippen LogP contribution in [0.25, 0.3) is 16.5 Å². The topological polar surface area (TPSA) is 73.2 Å². The number of rotatable bonds is 5. The molecule has 1 N–H and O–H groups in total. The summed E-state index contributed by atoms with van der Waals surface area (Å²) in [4.78, 5) is 30.3. The van der Waals surface area contributed by atoms with Crippen LogP contribution in [0, 0.1) is 0 Å². The number of carbonyl (C=O) groups excluding carboxylic acids is 1. The zero-order chi connectivity index (χ0) is 20.2. The maximum Gasteiger partial charge on any atom is 0.262 e. The van der Waals surface area contributed by atoms with Gasteiger partial charge in [0.05, 0.1) is 30.6 Å². The van der Waals surface area contributed by atoms with E-state index in [-0.39, 0.29) is 11.5 Å². The number of benzene rings is 2. The van der Waals surface area contributed by atoms with Gasteiger partial charge in [0.15, 0.2) is 0 Å². The van der Waals surface area contributed by atoms with Crippen LogP contribution in [0.2, 0.25) is 0 Å². The molecule has 6 nitrogen and oxygen atoms in total. The molecule has 0 unspecified atom stereocenters. The second-order valence-electron chi connectivity index (χ2n) is 6.47. The molecule has 4 rings (SSSR count). The molecule has 144 valence electrons. The SMILES string of the molecule is COc1cccc(-n2cc(C(=O)NCc3ccccn3)c3ccccc3c2=O)c1. The van der Waals surface area contributed by atoms with Crippen LogP contribution in [0.15, 0.2) is 83.9 Å². The summed E-state index contributed by atoms with van der Waals surface area (Å²) >= 11 is 0. The van der Waals surface area contributed by atoms with Crippen LogP contribution in [0.5, 0.6) is 5.75 Å². The van der Waals surface area contributed by atoms with E-state index in [1.807, 2.05) is 24.3 Å². The Kier molecular flexibility index (Phi) is 5.07. The Morgan fingerprint density at radius 2 is 1.83 bits per heavy atom. The largest absolute Gasteiger partial charge is 0.497 e. The van der Waals surface area contributed by atoms with E-state index in [4.69, 9.17) is 4.74 Å². The highest BCUT2D eigenvalue weighted by Gasteiger charge is 2.15. The third-order valence-electron chi connectivity index (χ3n) is 4.66. The van der Waals surface area contributed by atoms with Gasteiger partial charge in [-0.3, -0.25) is 19.1 Å². The number of methoxy groups -OCH3 is 1. The predicted molar refractivity (Wildman–Crippen MR) is 112 cm³/mol. The van der Waals surface area contributed by atoms with E-state index >= 15 is 0 Å². The number of nitrogens with zero attached hydrogens (tertiary/aromatic N) is 2. The van der Waals surface area contributed by atoms with E-state index in [2.05, 4.69) is 10.3 Å². The summed E-state index contributed by atoms with van der Waals surface area (Å²) in [6, 6.07) is 19.8. The Morgan fingerprint density at radius 3 is 2.59 bits per heavy atom. The first-order chi connectivity index (χ1) is 14.2. The Labute approximate surface area is 167 Å². The summed E-state index contributed by atoms with van der Waals surface area (Å²) in [5.74, 6) is 0.354. The van der Waals surface area contributed by atoms with Crippen LogP contribution in [0.1, 0.15) is 16.1 Å². The second-order valence-corrected chi connectivity index (χ2v) is 6.47.